The molecule has 1 aliphatic heterocycles. The average Bonchev–Trinajstić information content (AvgIpc) is 2.71. The summed E-state index contributed by atoms with van der Waals surface area (Å²) in [6.07, 6.45) is 2.61. The normalized spacial score (nSPS) is 23.1. The van der Waals surface area contributed by atoms with Crippen molar-refractivity contribution >= 4 is 11.9 Å². The van der Waals surface area contributed by atoms with E-state index in [0.717, 1.165) is 0 Å². The summed E-state index contributed by atoms with van der Waals surface area (Å²) in [5, 5.41) is 18.6. The molecule has 0 radical (unpaired) electrons. The van der Waals surface area contributed by atoms with Crippen LogP contribution >= 0.6 is 0 Å². The number of nitrogens with zero attached hydrogens (tertiary/aromatic N) is 2. The first-order valence-corrected chi connectivity index (χ1v) is 5.65. The van der Waals surface area contributed by atoms with Crippen LogP contribution in [0.5, 0.6) is 5.75 Å². The van der Waals surface area contributed by atoms with E-state index in [0.29, 0.717) is 6.54 Å². The Morgan fingerprint density at radius 3 is 2.72 bits per heavy atom. The molecule has 2 N–H and O–H groups in total. The maximum absolute atomic E-state index is 12.1. The topological polar surface area (TPSA) is 90.7 Å². The lowest BCUT2D eigenvalue weighted by atomic mass is 9.99. The van der Waals surface area contributed by atoms with Gasteiger partial charge in [-0.2, -0.15) is 0 Å². The Bertz CT molecular complexity index is 489. The molecule has 1 aromatic rings. The number of hydrogen-bond donors (Lipinski definition) is 2. The molecule has 2 rings (SSSR count). The first-order valence-electron chi connectivity index (χ1n) is 5.65. The van der Waals surface area contributed by atoms with E-state index in [1.807, 2.05) is 0 Å². The molecule has 1 aliphatic rings. The minimum absolute atomic E-state index is 0.0876. The highest BCUT2D eigenvalue weighted by molar-refractivity contribution is 5.97. The second-order valence-corrected chi connectivity index (χ2v) is 4.52. The van der Waals surface area contributed by atoms with Crippen molar-refractivity contribution in [3.8, 4) is 5.75 Å². The summed E-state index contributed by atoms with van der Waals surface area (Å²) < 4.78 is 0. The van der Waals surface area contributed by atoms with E-state index < -0.39 is 11.9 Å². The number of carboxylic acid groups (broad SMARTS) is 1. The zero-order valence-corrected chi connectivity index (χ0v) is 9.91. The lowest BCUT2D eigenvalue weighted by Gasteiger charge is -2.16. The lowest BCUT2D eigenvalue weighted by molar-refractivity contribution is -0.142. The minimum atomic E-state index is -0.892. The molecule has 1 amide bonds. The second kappa shape index (κ2) is 4.64. The number of carbonyl (C=O) groups is 2. The zero-order valence-electron chi connectivity index (χ0n) is 9.91. The number of pyridine rings is 1. The molecule has 6 nitrogen and oxygen atoms in total. The molecule has 96 valence electrons. The predicted octanol–water partition coefficient (Wildman–Crippen LogP) is 0.580. The van der Waals surface area contributed by atoms with Crippen molar-refractivity contribution in [2.24, 2.45) is 11.8 Å². The number of amides is 1. The molecular weight excluding hydrogens is 236 g/mol. The van der Waals surface area contributed by atoms with E-state index in [-0.39, 0.29) is 29.7 Å². The van der Waals surface area contributed by atoms with Gasteiger partial charge in [0.25, 0.3) is 5.91 Å². The molecular formula is C12H14N2O4. The Morgan fingerprint density at radius 1 is 1.44 bits per heavy atom. The molecule has 2 heterocycles. The van der Waals surface area contributed by atoms with E-state index in [9.17, 15) is 14.7 Å². The zero-order chi connectivity index (χ0) is 13.3. The van der Waals surface area contributed by atoms with Crippen molar-refractivity contribution in [2.45, 2.75) is 6.92 Å². The smallest absolute Gasteiger partial charge is 0.308 e. The Morgan fingerprint density at radius 2 is 2.17 bits per heavy atom. The number of aromatic nitrogens is 1. The maximum Gasteiger partial charge on any atom is 0.308 e. The van der Waals surface area contributed by atoms with Gasteiger partial charge in [-0.3, -0.25) is 14.6 Å². The standard InChI is InChI=1S/C12H14N2O4/c1-7-5-14(6-9(7)12(17)18)11(16)8-2-3-13-4-10(8)15/h2-4,7,9,15H,5-6H2,1H3,(H,17,18). The van der Waals surface area contributed by atoms with Crippen LogP contribution in [0.4, 0.5) is 0 Å². The minimum Gasteiger partial charge on any atom is -0.505 e. The molecule has 2 unspecified atom stereocenters. The van der Waals surface area contributed by atoms with Gasteiger partial charge in [0.05, 0.1) is 17.7 Å². The van der Waals surface area contributed by atoms with Gasteiger partial charge in [-0.25, -0.2) is 0 Å². The SMILES string of the molecule is CC1CN(C(=O)c2ccncc2O)CC1C(=O)O. The molecule has 0 aromatic carbocycles. The van der Waals surface area contributed by atoms with Crippen LogP contribution in [0.3, 0.4) is 0 Å². The van der Waals surface area contributed by atoms with Crippen LogP contribution in [-0.4, -0.2) is 45.1 Å². The first kappa shape index (κ1) is 12.3. The third kappa shape index (κ3) is 2.13. The second-order valence-electron chi connectivity index (χ2n) is 4.52. The van der Waals surface area contributed by atoms with Crippen LogP contribution in [-0.2, 0) is 4.79 Å². The van der Waals surface area contributed by atoms with Gasteiger partial charge in [-0.15, -0.1) is 0 Å². The maximum atomic E-state index is 12.1. The van der Waals surface area contributed by atoms with E-state index >= 15 is 0 Å². The van der Waals surface area contributed by atoms with Gasteiger partial charge in [0.2, 0.25) is 0 Å². The molecule has 2 atom stereocenters. The fourth-order valence-electron chi connectivity index (χ4n) is 2.19. The van der Waals surface area contributed by atoms with Gasteiger partial charge in [-0.05, 0) is 12.0 Å². The number of aliphatic carboxylic acids is 1. The van der Waals surface area contributed by atoms with Gasteiger partial charge >= 0.3 is 5.97 Å². The fourth-order valence-corrected chi connectivity index (χ4v) is 2.19. The monoisotopic (exact) mass is 250 g/mol. The lowest BCUT2D eigenvalue weighted by Crippen LogP contribution is -2.30. The Labute approximate surface area is 104 Å². The summed E-state index contributed by atoms with van der Waals surface area (Å²) in [6.45, 7) is 2.37. The number of rotatable bonds is 2. The van der Waals surface area contributed by atoms with Crippen LogP contribution in [0.15, 0.2) is 18.5 Å². The summed E-state index contributed by atoms with van der Waals surface area (Å²) in [4.78, 5) is 28.3. The Hall–Kier alpha value is -2.11. The number of aromatic hydroxyl groups is 1. The van der Waals surface area contributed by atoms with Crippen molar-refractivity contribution < 1.29 is 19.8 Å². The van der Waals surface area contributed by atoms with Gasteiger partial charge in [0.1, 0.15) is 5.75 Å². The molecule has 1 fully saturated rings. The van der Waals surface area contributed by atoms with Gasteiger partial charge < -0.3 is 15.1 Å². The summed E-state index contributed by atoms with van der Waals surface area (Å²) in [5.74, 6) is -2.07. The number of hydrogen-bond acceptors (Lipinski definition) is 4. The summed E-state index contributed by atoms with van der Waals surface area (Å²) in [5.41, 5.74) is 0.156. The van der Waals surface area contributed by atoms with E-state index in [2.05, 4.69) is 4.98 Å². The van der Waals surface area contributed by atoms with Crippen LogP contribution in [0, 0.1) is 11.8 Å². The van der Waals surface area contributed by atoms with Crippen molar-refractivity contribution in [1.29, 1.82) is 0 Å². The van der Waals surface area contributed by atoms with Crippen molar-refractivity contribution in [3.05, 3.63) is 24.0 Å². The largest absolute Gasteiger partial charge is 0.505 e. The number of carboxylic acids is 1. The quantitative estimate of drug-likeness (QED) is 0.801. The molecule has 0 bridgehead atoms. The van der Waals surface area contributed by atoms with Crippen LogP contribution < -0.4 is 0 Å². The van der Waals surface area contributed by atoms with Crippen molar-refractivity contribution in [3.63, 3.8) is 0 Å². The van der Waals surface area contributed by atoms with Gasteiger partial charge in [-0.1, -0.05) is 6.92 Å². The highest BCUT2D eigenvalue weighted by Crippen LogP contribution is 2.26. The van der Waals surface area contributed by atoms with E-state index in [4.69, 9.17) is 5.11 Å². The van der Waals surface area contributed by atoms with Crippen LogP contribution in [0.1, 0.15) is 17.3 Å². The number of likely N-dealkylation sites (tertiary alicyclic amines) is 1. The third-order valence-corrected chi connectivity index (χ3v) is 3.25. The van der Waals surface area contributed by atoms with Crippen LogP contribution in [0.2, 0.25) is 0 Å². The van der Waals surface area contributed by atoms with Gasteiger partial charge in [0.15, 0.2) is 0 Å². The molecule has 0 saturated carbocycles. The Balaban J connectivity index is 2.17. The highest BCUT2D eigenvalue weighted by atomic mass is 16.4. The van der Waals surface area contributed by atoms with Crippen molar-refractivity contribution in [1.82, 2.24) is 9.88 Å². The number of carbonyl (C=O) groups excluding carboxylic acids is 1. The van der Waals surface area contributed by atoms with E-state index in [1.165, 1.54) is 23.4 Å². The van der Waals surface area contributed by atoms with Crippen LogP contribution in [0.25, 0.3) is 0 Å². The highest BCUT2D eigenvalue weighted by Gasteiger charge is 2.37. The predicted molar refractivity (Wildman–Crippen MR) is 62.1 cm³/mol. The molecule has 0 aliphatic carbocycles. The summed E-state index contributed by atoms with van der Waals surface area (Å²) in [6, 6.07) is 1.43. The molecule has 6 heteroatoms. The molecule has 18 heavy (non-hydrogen) atoms. The Kier molecular flexibility index (Phi) is 3.18. The average molecular weight is 250 g/mol. The fraction of sp³-hybridized carbons (Fsp3) is 0.417. The molecule has 1 saturated heterocycles. The van der Waals surface area contributed by atoms with Gasteiger partial charge in [0, 0.05) is 19.3 Å². The van der Waals surface area contributed by atoms with E-state index in [1.54, 1.807) is 6.92 Å². The third-order valence-electron chi connectivity index (χ3n) is 3.25. The first-order chi connectivity index (χ1) is 8.50. The molecule has 1 aromatic heterocycles. The molecule has 0 spiro atoms. The summed E-state index contributed by atoms with van der Waals surface area (Å²) >= 11 is 0. The summed E-state index contributed by atoms with van der Waals surface area (Å²) in [7, 11) is 0. The van der Waals surface area contributed by atoms with Crippen molar-refractivity contribution in [2.75, 3.05) is 13.1 Å².